The van der Waals surface area contributed by atoms with Crippen molar-refractivity contribution in [2.24, 2.45) is 0 Å². The fraction of sp³-hybridized carbons (Fsp3) is 0.179. The molecule has 4 aromatic rings. The van der Waals surface area contributed by atoms with Crippen LogP contribution in [-0.2, 0) is 29.9 Å². The number of ether oxygens (including phenoxy) is 1. The highest BCUT2D eigenvalue weighted by Crippen LogP contribution is 2.28. The first-order chi connectivity index (χ1) is 16.7. The topological polar surface area (TPSA) is 22.1 Å². The summed E-state index contributed by atoms with van der Waals surface area (Å²) in [6, 6.07) is 31.0. The summed E-state index contributed by atoms with van der Waals surface area (Å²) in [5.41, 5.74) is 5.40. The van der Waals surface area contributed by atoms with Gasteiger partial charge in [-0.25, -0.2) is 0 Å². The molecule has 0 bridgehead atoms. The first kappa shape index (κ1) is 25.0. The van der Waals surface area contributed by atoms with Crippen LogP contribution in [0.4, 0.5) is 0 Å². The third-order valence-electron chi connectivity index (χ3n) is 5.08. The van der Waals surface area contributed by atoms with E-state index in [0.717, 1.165) is 45.3 Å². The van der Waals surface area contributed by atoms with Crippen LogP contribution in [0.1, 0.15) is 28.1 Å². The number of pyridine rings is 1. The summed E-state index contributed by atoms with van der Waals surface area (Å²) in [5.74, 6) is 3.45. The van der Waals surface area contributed by atoms with E-state index in [4.69, 9.17) is 32.9 Å². The Bertz CT molecular complexity index is 1100. The molecule has 174 valence electrons. The van der Waals surface area contributed by atoms with Crippen molar-refractivity contribution in [3.63, 3.8) is 0 Å². The summed E-state index contributed by atoms with van der Waals surface area (Å²) in [6.45, 7) is 0.532. The van der Waals surface area contributed by atoms with Crippen LogP contribution in [0.2, 0.25) is 0 Å². The van der Waals surface area contributed by atoms with Crippen LogP contribution in [-0.4, -0.2) is 4.98 Å². The minimum Gasteiger partial charge on any atom is -0.489 e. The predicted molar refractivity (Wildman–Crippen MR) is 146 cm³/mol. The van der Waals surface area contributed by atoms with Crippen molar-refractivity contribution in [2.75, 3.05) is 0 Å². The zero-order valence-electron chi connectivity index (χ0n) is 18.6. The van der Waals surface area contributed by atoms with Gasteiger partial charge < -0.3 is 4.74 Å². The normalized spacial score (nSPS) is 10.9. The average Bonchev–Trinajstić information content (AvgIpc) is 2.90. The molecular formula is C28H25Cl2NOS2. The minimum atomic E-state index is 0.531. The highest BCUT2D eigenvalue weighted by molar-refractivity contribution is 7.98. The molecule has 0 fully saturated rings. The van der Waals surface area contributed by atoms with Crippen LogP contribution in [0, 0.1) is 0 Å². The van der Waals surface area contributed by atoms with E-state index in [2.05, 4.69) is 60.7 Å². The molecule has 0 unspecified atom stereocenters. The lowest BCUT2D eigenvalue weighted by atomic mass is 10.2. The molecule has 0 saturated heterocycles. The van der Waals surface area contributed by atoms with Crippen LogP contribution in [0.3, 0.4) is 0 Å². The van der Waals surface area contributed by atoms with Gasteiger partial charge in [-0.2, -0.15) is 0 Å². The van der Waals surface area contributed by atoms with E-state index in [1.165, 1.54) is 9.79 Å². The first-order valence-corrected chi connectivity index (χ1v) is 14.0. The molecule has 0 aliphatic carbocycles. The summed E-state index contributed by atoms with van der Waals surface area (Å²) in [5, 5.41) is 0. The number of halogens is 2. The van der Waals surface area contributed by atoms with Gasteiger partial charge in [-0.3, -0.25) is 4.98 Å². The Balaban J connectivity index is 1.46. The van der Waals surface area contributed by atoms with Gasteiger partial charge in [0.15, 0.2) is 0 Å². The number of nitrogens with zero attached hydrogens (tertiary/aromatic N) is 1. The second kappa shape index (κ2) is 13.1. The quantitative estimate of drug-likeness (QED) is 0.144. The fourth-order valence-corrected chi connectivity index (χ4v) is 5.19. The lowest BCUT2D eigenvalue weighted by molar-refractivity contribution is 0.305. The van der Waals surface area contributed by atoms with Gasteiger partial charge in [0.2, 0.25) is 0 Å². The number of hydrogen-bond acceptors (Lipinski definition) is 4. The summed E-state index contributed by atoms with van der Waals surface area (Å²) in [4.78, 5) is 7.31. The predicted octanol–water partition coefficient (Wildman–Crippen LogP) is 8.72. The Kier molecular flexibility index (Phi) is 9.63. The molecule has 0 N–H and O–H groups in total. The Morgan fingerprint density at radius 3 is 1.59 bits per heavy atom. The lowest BCUT2D eigenvalue weighted by Crippen LogP contribution is -2.00. The highest BCUT2D eigenvalue weighted by Gasteiger charge is 2.08. The highest BCUT2D eigenvalue weighted by atomic mass is 35.5. The SMILES string of the molecule is ClCc1ccc(SCc2cc(OCc3ccccc3)cc(CSc3ccc(CCl)cc3)n2)cc1. The molecule has 0 spiro atoms. The zero-order valence-corrected chi connectivity index (χ0v) is 21.8. The second-order valence-electron chi connectivity index (χ2n) is 7.69. The molecule has 6 heteroatoms. The number of thioether (sulfide) groups is 2. The Hall–Kier alpha value is -2.11. The molecule has 1 aromatic heterocycles. The molecular weight excluding hydrogens is 501 g/mol. The van der Waals surface area contributed by atoms with E-state index in [-0.39, 0.29) is 0 Å². The maximum Gasteiger partial charge on any atom is 0.123 e. The smallest absolute Gasteiger partial charge is 0.123 e. The van der Waals surface area contributed by atoms with E-state index in [9.17, 15) is 0 Å². The van der Waals surface area contributed by atoms with Crippen molar-refractivity contribution in [1.82, 2.24) is 4.98 Å². The van der Waals surface area contributed by atoms with Crippen molar-refractivity contribution < 1.29 is 4.74 Å². The third kappa shape index (κ3) is 7.71. The molecule has 4 rings (SSSR count). The summed E-state index contributed by atoms with van der Waals surface area (Å²) in [6.07, 6.45) is 0. The van der Waals surface area contributed by atoms with E-state index in [0.29, 0.717) is 18.4 Å². The van der Waals surface area contributed by atoms with Crippen LogP contribution in [0.5, 0.6) is 5.75 Å². The number of alkyl halides is 2. The number of benzene rings is 3. The van der Waals surface area contributed by atoms with Crippen molar-refractivity contribution in [2.45, 2.75) is 39.7 Å². The van der Waals surface area contributed by atoms with Gasteiger partial charge in [0.1, 0.15) is 12.4 Å². The standard InChI is InChI=1S/C28H25Cl2NOS2/c29-16-21-6-10-27(11-7-21)33-19-24-14-26(32-18-23-4-2-1-3-5-23)15-25(31-24)20-34-28-12-8-22(17-30)9-13-28/h1-15H,16-20H2. The molecule has 3 aromatic carbocycles. The van der Waals surface area contributed by atoms with E-state index >= 15 is 0 Å². The first-order valence-electron chi connectivity index (χ1n) is 10.9. The monoisotopic (exact) mass is 525 g/mol. The van der Waals surface area contributed by atoms with Gasteiger partial charge in [-0.15, -0.1) is 46.7 Å². The maximum atomic E-state index is 6.15. The van der Waals surface area contributed by atoms with Gasteiger partial charge >= 0.3 is 0 Å². The van der Waals surface area contributed by atoms with Crippen LogP contribution >= 0.6 is 46.7 Å². The average molecular weight is 527 g/mol. The van der Waals surface area contributed by atoms with Gasteiger partial charge in [0.05, 0.1) is 11.4 Å². The molecule has 0 aliphatic rings. The maximum absolute atomic E-state index is 6.15. The van der Waals surface area contributed by atoms with Gasteiger partial charge in [0.25, 0.3) is 0 Å². The van der Waals surface area contributed by atoms with Crippen LogP contribution < -0.4 is 4.74 Å². The Labute approximate surface area is 220 Å². The molecule has 0 saturated carbocycles. The minimum absolute atomic E-state index is 0.531. The molecule has 2 nitrogen and oxygen atoms in total. The van der Waals surface area contributed by atoms with Crippen molar-refractivity contribution in [1.29, 1.82) is 0 Å². The molecule has 34 heavy (non-hydrogen) atoms. The van der Waals surface area contributed by atoms with Crippen molar-refractivity contribution in [3.05, 3.63) is 119 Å². The lowest BCUT2D eigenvalue weighted by Gasteiger charge is -2.11. The zero-order chi connectivity index (χ0) is 23.6. The summed E-state index contributed by atoms with van der Waals surface area (Å²) >= 11 is 15.3. The Morgan fingerprint density at radius 1 is 0.618 bits per heavy atom. The fourth-order valence-electron chi connectivity index (χ4n) is 3.26. The second-order valence-corrected chi connectivity index (χ2v) is 10.3. The molecule has 1 heterocycles. The van der Waals surface area contributed by atoms with Crippen LogP contribution in [0.15, 0.2) is 101 Å². The van der Waals surface area contributed by atoms with Gasteiger partial charge in [0, 0.05) is 45.2 Å². The van der Waals surface area contributed by atoms with Crippen molar-refractivity contribution in [3.8, 4) is 5.75 Å². The molecule has 0 amide bonds. The number of rotatable bonds is 11. The van der Waals surface area contributed by atoms with E-state index in [1.54, 1.807) is 23.5 Å². The molecule has 0 radical (unpaired) electrons. The largest absolute Gasteiger partial charge is 0.489 e. The summed E-state index contributed by atoms with van der Waals surface area (Å²) in [7, 11) is 0. The number of aromatic nitrogens is 1. The van der Waals surface area contributed by atoms with Crippen LogP contribution in [0.25, 0.3) is 0 Å². The van der Waals surface area contributed by atoms with Gasteiger partial charge in [-0.1, -0.05) is 54.6 Å². The van der Waals surface area contributed by atoms with E-state index in [1.807, 2.05) is 30.3 Å². The molecule has 0 atom stereocenters. The molecule has 0 aliphatic heterocycles. The number of hydrogen-bond donors (Lipinski definition) is 0. The third-order valence-corrected chi connectivity index (χ3v) is 7.79. The van der Waals surface area contributed by atoms with E-state index < -0.39 is 0 Å². The summed E-state index contributed by atoms with van der Waals surface area (Å²) < 4.78 is 6.15. The van der Waals surface area contributed by atoms with Gasteiger partial charge in [-0.05, 0) is 41.0 Å². The van der Waals surface area contributed by atoms with Crippen molar-refractivity contribution >= 4 is 46.7 Å². The Morgan fingerprint density at radius 2 is 1.12 bits per heavy atom.